The Kier molecular flexibility index (Phi) is 16.7. The molecule has 0 aromatic rings. The minimum Gasteiger partial charge on any atom is -0.0654 e. The first-order chi connectivity index (χ1) is 8.27. The van der Waals surface area contributed by atoms with Gasteiger partial charge >= 0.3 is 0 Å². The maximum Gasteiger partial charge on any atom is 0.0346 e. The zero-order valence-electron chi connectivity index (χ0n) is 11.4. The van der Waals surface area contributed by atoms with Crippen LogP contribution < -0.4 is 0 Å². The highest BCUT2D eigenvalue weighted by molar-refractivity contribution is 9.69. The molecule has 0 amide bonds. The molecule has 0 aromatic carbocycles. The molecular weight excluding hydrogens is 359 g/mol. The summed E-state index contributed by atoms with van der Waals surface area (Å²) in [6.07, 6.45) is 18.6. The lowest BCUT2D eigenvalue weighted by atomic mass is 10.1. The van der Waals surface area contributed by atoms with E-state index < -0.39 is 0 Å². The maximum absolute atomic E-state index is 3.58. The molecule has 3 heteroatoms. The van der Waals surface area contributed by atoms with Crippen LogP contribution in [0.1, 0.15) is 84.0 Å². The van der Waals surface area contributed by atoms with Gasteiger partial charge < -0.3 is 0 Å². The van der Waals surface area contributed by atoms with Crippen molar-refractivity contribution in [1.82, 2.24) is 0 Å². The van der Waals surface area contributed by atoms with E-state index in [-0.39, 0.29) is 5.33 Å². The molecular formula is C14H29Br2P. The third-order valence-electron chi connectivity index (χ3n) is 3.18. The third-order valence-corrected chi connectivity index (χ3v) is 5.96. The highest BCUT2D eigenvalue weighted by Gasteiger charge is 1.97. The minimum atomic E-state index is -0.0133. The molecule has 0 bridgehead atoms. The van der Waals surface area contributed by atoms with Crippen LogP contribution in [0, 0.1) is 0 Å². The molecule has 0 fully saturated rings. The summed E-state index contributed by atoms with van der Waals surface area (Å²) in [4.78, 5) is 0. The second kappa shape index (κ2) is 15.4. The molecule has 0 nitrogen and oxygen atoms in total. The van der Waals surface area contributed by atoms with E-state index in [0.29, 0.717) is 0 Å². The van der Waals surface area contributed by atoms with Gasteiger partial charge in [-0.05, 0) is 43.6 Å². The molecule has 0 saturated heterocycles. The van der Waals surface area contributed by atoms with Crippen molar-refractivity contribution in [3.8, 4) is 0 Å². The van der Waals surface area contributed by atoms with E-state index in [4.69, 9.17) is 0 Å². The van der Waals surface area contributed by atoms with E-state index in [1.807, 2.05) is 0 Å². The predicted octanol–water partition coefficient (Wildman–Crippen LogP) is 7.79. The Balaban J connectivity index is 2.89. The number of unbranched alkanes of at least 4 members (excludes halogenated alkanes) is 11. The van der Waals surface area contributed by atoms with Crippen molar-refractivity contribution in [3.05, 3.63) is 0 Å². The summed E-state index contributed by atoms with van der Waals surface area (Å²) in [5.41, 5.74) is 0. The van der Waals surface area contributed by atoms with E-state index in [1.54, 1.807) is 0 Å². The molecule has 0 radical (unpaired) electrons. The van der Waals surface area contributed by atoms with Gasteiger partial charge in [-0.25, -0.2) is 0 Å². The lowest BCUT2D eigenvalue weighted by Crippen LogP contribution is -1.83. The van der Waals surface area contributed by atoms with Crippen molar-refractivity contribution in [2.75, 3.05) is 6.16 Å². The van der Waals surface area contributed by atoms with Crippen LogP contribution in [0.15, 0.2) is 0 Å². The first kappa shape index (κ1) is 18.4. The average Bonchev–Trinajstić information content (AvgIpc) is 2.30. The lowest BCUT2D eigenvalue weighted by molar-refractivity contribution is 0.548. The standard InChI is InChI=1S/C14H29Br2P/c1-2-3-4-5-6-7-8-9-10-11-12-13-14-17(15)16/h2-14H2,1H3. The van der Waals surface area contributed by atoms with Gasteiger partial charge in [-0.15, -0.1) is 0 Å². The quantitative estimate of drug-likeness (QED) is 0.223. The second-order valence-electron chi connectivity index (χ2n) is 4.92. The largest absolute Gasteiger partial charge is 0.0654 e. The van der Waals surface area contributed by atoms with Gasteiger partial charge in [0, 0.05) is 5.33 Å². The highest BCUT2D eigenvalue weighted by Crippen LogP contribution is 2.52. The van der Waals surface area contributed by atoms with Crippen molar-refractivity contribution in [3.63, 3.8) is 0 Å². The molecule has 0 heterocycles. The molecule has 0 unspecified atom stereocenters. The van der Waals surface area contributed by atoms with Crippen LogP contribution >= 0.6 is 36.3 Å². The Hall–Kier alpha value is 1.39. The molecule has 0 aliphatic rings. The molecule has 0 rings (SSSR count). The summed E-state index contributed by atoms with van der Waals surface area (Å²) in [5.74, 6) is 0. The van der Waals surface area contributed by atoms with Crippen LogP contribution in [0.4, 0.5) is 0 Å². The molecule has 104 valence electrons. The number of hydrogen-bond donors (Lipinski definition) is 0. The molecule has 0 spiro atoms. The van der Waals surface area contributed by atoms with E-state index >= 15 is 0 Å². The number of rotatable bonds is 13. The molecule has 17 heavy (non-hydrogen) atoms. The van der Waals surface area contributed by atoms with Gasteiger partial charge in [-0.3, -0.25) is 0 Å². The summed E-state index contributed by atoms with van der Waals surface area (Å²) in [6, 6.07) is 0. The van der Waals surface area contributed by atoms with Crippen molar-refractivity contribution >= 4 is 36.3 Å². The fraction of sp³-hybridized carbons (Fsp3) is 1.00. The smallest absolute Gasteiger partial charge is 0.0346 e. The monoisotopic (exact) mass is 386 g/mol. The van der Waals surface area contributed by atoms with Gasteiger partial charge in [0.2, 0.25) is 0 Å². The third kappa shape index (κ3) is 17.4. The Morgan fingerprint density at radius 2 is 0.941 bits per heavy atom. The summed E-state index contributed by atoms with van der Waals surface area (Å²) >= 11 is 7.17. The predicted molar refractivity (Wildman–Crippen MR) is 90.7 cm³/mol. The highest BCUT2D eigenvalue weighted by atomic mass is 79.9. The first-order valence-electron chi connectivity index (χ1n) is 7.36. The van der Waals surface area contributed by atoms with E-state index in [9.17, 15) is 0 Å². The van der Waals surface area contributed by atoms with Crippen molar-refractivity contribution in [2.45, 2.75) is 84.0 Å². The fourth-order valence-corrected chi connectivity index (χ4v) is 4.04. The Labute approximate surface area is 126 Å². The zero-order valence-corrected chi connectivity index (χ0v) is 15.5. The molecule has 0 N–H and O–H groups in total. The summed E-state index contributed by atoms with van der Waals surface area (Å²) in [5, 5.41) is -0.0133. The zero-order chi connectivity index (χ0) is 12.8. The molecule has 0 saturated carbocycles. The van der Waals surface area contributed by atoms with E-state index in [1.165, 1.54) is 83.2 Å². The molecule has 0 aliphatic heterocycles. The Morgan fingerprint density at radius 3 is 1.29 bits per heavy atom. The Morgan fingerprint density at radius 1 is 0.588 bits per heavy atom. The van der Waals surface area contributed by atoms with Crippen LogP contribution in [0.3, 0.4) is 0 Å². The van der Waals surface area contributed by atoms with Gasteiger partial charge in [0.15, 0.2) is 0 Å². The molecule has 0 atom stereocenters. The second-order valence-corrected chi connectivity index (χ2v) is 14.0. The number of hydrogen-bond acceptors (Lipinski definition) is 0. The van der Waals surface area contributed by atoms with Crippen molar-refractivity contribution in [1.29, 1.82) is 0 Å². The average molecular weight is 388 g/mol. The maximum atomic E-state index is 3.58. The lowest BCUT2D eigenvalue weighted by Gasteiger charge is -2.03. The summed E-state index contributed by atoms with van der Waals surface area (Å²) in [6.45, 7) is 2.29. The Bertz CT molecular complexity index is 140. The molecule has 0 aliphatic carbocycles. The summed E-state index contributed by atoms with van der Waals surface area (Å²) < 4.78 is 0. The van der Waals surface area contributed by atoms with E-state index in [2.05, 4.69) is 37.9 Å². The van der Waals surface area contributed by atoms with Crippen LogP contribution in [0.25, 0.3) is 0 Å². The summed E-state index contributed by atoms with van der Waals surface area (Å²) in [7, 11) is 0. The van der Waals surface area contributed by atoms with Crippen molar-refractivity contribution < 1.29 is 0 Å². The van der Waals surface area contributed by atoms with Crippen LogP contribution in [0.5, 0.6) is 0 Å². The normalized spacial score (nSPS) is 11.3. The molecule has 0 aromatic heterocycles. The fourth-order valence-electron chi connectivity index (χ4n) is 2.07. The van der Waals surface area contributed by atoms with Crippen LogP contribution in [-0.2, 0) is 0 Å². The van der Waals surface area contributed by atoms with Gasteiger partial charge in [0.1, 0.15) is 0 Å². The van der Waals surface area contributed by atoms with Gasteiger partial charge in [0.05, 0.1) is 0 Å². The topological polar surface area (TPSA) is 0 Å². The van der Waals surface area contributed by atoms with Gasteiger partial charge in [-0.1, -0.05) is 77.6 Å². The number of halogens is 2. The SMILES string of the molecule is CCCCCCCCCCCCCCP(Br)Br. The van der Waals surface area contributed by atoms with Crippen LogP contribution in [0.2, 0.25) is 0 Å². The first-order valence-corrected chi connectivity index (χ1v) is 12.9. The van der Waals surface area contributed by atoms with Crippen molar-refractivity contribution in [2.24, 2.45) is 0 Å². The van der Waals surface area contributed by atoms with Gasteiger partial charge in [-0.2, -0.15) is 0 Å². The van der Waals surface area contributed by atoms with E-state index in [0.717, 1.165) is 0 Å². The minimum absolute atomic E-state index is 0.0133. The van der Waals surface area contributed by atoms with Crippen LogP contribution in [-0.4, -0.2) is 6.16 Å². The van der Waals surface area contributed by atoms with Gasteiger partial charge in [0.25, 0.3) is 0 Å².